The molecule has 92 valence electrons. The van der Waals surface area contributed by atoms with E-state index in [1.54, 1.807) is 0 Å². The van der Waals surface area contributed by atoms with Gasteiger partial charge in [0.15, 0.2) is 5.69 Å². The van der Waals surface area contributed by atoms with Crippen molar-refractivity contribution in [2.24, 2.45) is 0 Å². The molecule has 0 fully saturated rings. The SMILES string of the molecule is O=C(O)Cc1cc(Br)c([N+](=O)[O-])c(C(F)F)n1. The average molecular weight is 311 g/mol. The number of hydrogen-bond acceptors (Lipinski definition) is 4. The van der Waals surface area contributed by atoms with Crippen LogP contribution in [0.4, 0.5) is 14.5 Å². The highest BCUT2D eigenvalue weighted by Crippen LogP contribution is 2.34. The van der Waals surface area contributed by atoms with Gasteiger partial charge in [-0.2, -0.15) is 0 Å². The average Bonchev–Trinajstić information content (AvgIpc) is 2.14. The molecule has 0 bridgehead atoms. The van der Waals surface area contributed by atoms with E-state index in [2.05, 4.69) is 20.9 Å². The Labute approximate surface area is 102 Å². The Hall–Kier alpha value is -1.64. The molecule has 0 atom stereocenters. The van der Waals surface area contributed by atoms with Crippen LogP contribution in [-0.2, 0) is 11.2 Å². The standard InChI is InChI=1S/C8H5BrF2N2O4/c9-4-1-3(2-5(14)15)12-6(8(10)11)7(4)13(16)17/h1,8H,2H2,(H,14,15). The molecule has 9 heteroatoms. The highest BCUT2D eigenvalue weighted by molar-refractivity contribution is 9.10. The third-order valence-electron chi connectivity index (χ3n) is 1.75. The zero-order valence-electron chi connectivity index (χ0n) is 8.06. The van der Waals surface area contributed by atoms with Crippen LogP contribution in [0.1, 0.15) is 17.8 Å². The summed E-state index contributed by atoms with van der Waals surface area (Å²) in [6, 6.07) is 1.04. The minimum absolute atomic E-state index is 0.176. The minimum Gasteiger partial charge on any atom is -0.481 e. The molecule has 1 N–H and O–H groups in total. The molecule has 0 saturated carbocycles. The van der Waals surface area contributed by atoms with E-state index in [-0.39, 0.29) is 10.2 Å². The number of halogens is 3. The number of nitrogens with zero attached hydrogens (tertiary/aromatic N) is 2. The summed E-state index contributed by atoms with van der Waals surface area (Å²) in [6.07, 6.45) is -3.74. The van der Waals surface area contributed by atoms with E-state index in [1.807, 2.05) is 0 Å². The first kappa shape index (κ1) is 13.4. The molecule has 0 radical (unpaired) electrons. The minimum atomic E-state index is -3.15. The van der Waals surface area contributed by atoms with Gasteiger partial charge in [0, 0.05) is 0 Å². The van der Waals surface area contributed by atoms with E-state index in [9.17, 15) is 23.7 Å². The molecular weight excluding hydrogens is 306 g/mol. The number of pyridine rings is 1. The van der Waals surface area contributed by atoms with Crippen LogP contribution in [0.5, 0.6) is 0 Å². The molecule has 1 rings (SSSR count). The fraction of sp³-hybridized carbons (Fsp3) is 0.250. The van der Waals surface area contributed by atoms with Gasteiger partial charge in [0.2, 0.25) is 0 Å². The molecular formula is C8H5BrF2N2O4. The molecule has 1 aromatic heterocycles. The van der Waals surface area contributed by atoms with Crippen molar-refractivity contribution in [1.29, 1.82) is 0 Å². The van der Waals surface area contributed by atoms with Gasteiger partial charge in [-0.25, -0.2) is 13.8 Å². The van der Waals surface area contributed by atoms with Gasteiger partial charge in [-0.15, -0.1) is 0 Å². The molecule has 6 nitrogen and oxygen atoms in total. The molecule has 0 aliphatic carbocycles. The van der Waals surface area contributed by atoms with Gasteiger partial charge in [-0.3, -0.25) is 14.9 Å². The fourth-order valence-corrected chi connectivity index (χ4v) is 1.77. The second-order valence-corrected chi connectivity index (χ2v) is 3.81. The predicted octanol–water partition coefficient (Wildman–Crippen LogP) is 2.32. The lowest BCUT2D eigenvalue weighted by molar-refractivity contribution is -0.387. The van der Waals surface area contributed by atoms with E-state index in [1.165, 1.54) is 0 Å². The van der Waals surface area contributed by atoms with E-state index >= 15 is 0 Å². The number of carboxylic acids is 1. The Bertz CT molecular complexity index is 481. The van der Waals surface area contributed by atoms with Crippen LogP contribution in [0, 0.1) is 10.1 Å². The van der Waals surface area contributed by atoms with E-state index in [0.29, 0.717) is 0 Å². The zero-order chi connectivity index (χ0) is 13.2. The number of carboxylic acid groups (broad SMARTS) is 1. The normalized spacial score (nSPS) is 10.6. The summed E-state index contributed by atoms with van der Waals surface area (Å²) in [5.74, 6) is -1.27. The van der Waals surface area contributed by atoms with Crippen LogP contribution in [0.3, 0.4) is 0 Å². The highest BCUT2D eigenvalue weighted by atomic mass is 79.9. The summed E-state index contributed by atoms with van der Waals surface area (Å²) in [5.41, 5.74) is -2.07. The van der Waals surface area contributed by atoms with Crippen LogP contribution < -0.4 is 0 Å². The van der Waals surface area contributed by atoms with Crippen LogP contribution in [0.25, 0.3) is 0 Å². The van der Waals surface area contributed by atoms with Gasteiger partial charge in [0.05, 0.1) is 21.5 Å². The first-order valence-corrected chi connectivity index (χ1v) is 4.96. The van der Waals surface area contributed by atoms with Gasteiger partial charge in [0.25, 0.3) is 6.43 Å². The fourth-order valence-electron chi connectivity index (χ4n) is 1.16. The van der Waals surface area contributed by atoms with Crippen molar-refractivity contribution in [3.63, 3.8) is 0 Å². The van der Waals surface area contributed by atoms with Gasteiger partial charge < -0.3 is 5.11 Å². The molecule has 0 aromatic carbocycles. The first-order chi connectivity index (χ1) is 7.82. The number of rotatable bonds is 4. The lowest BCUT2D eigenvalue weighted by atomic mass is 10.2. The van der Waals surface area contributed by atoms with Crippen molar-refractivity contribution in [3.8, 4) is 0 Å². The Morgan fingerprint density at radius 2 is 2.24 bits per heavy atom. The molecule has 0 spiro atoms. The van der Waals surface area contributed by atoms with Gasteiger partial charge in [-0.1, -0.05) is 0 Å². The number of aliphatic carboxylic acids is 1. The maximum absolute atomic E-state index is 12.6. The molecule has 0 amide bonds. The zero-order valence-corrected chi connectivity index (χ0v) is 9.65. The molecule has 1 aromatic rings. The second-order valence-electron chi connectivity index (χ2n) is 2.96. The van der Waals surface area contributed by atoms with Crippen LogP contribution in [0.15, 0.2) is 10.5 Å². The second kappa shape index (κ2) is 5.13. The van der Waals surface area contributed by atoms with Crippen molar-refractivity contribution >= 4 is 27.6 Å². The maximum Gasteiger partial charge on any atom is 0.310 e. The quantitative estimate of drug-likeness (QED) is 0.680. The van der Waals surface area contributed by atoms with Crippen molar-refractivity contribution in [3.05, 3.63) is 32.0 Å². The monoisotopic (exact) mass is 310 g/mol. The predicted molar refractivity (Wildman–Crippen MR) is 54.9 cm³/mol. The van der Waals surface area contributed by atoms with Crippen LogP contribution in [0.2, 0.25) is 0 Å². The van der Waals surface area contributed by atoms with Crippen LogP contribution >= 0.6 is 15.9 Å². The van der Waals surface area contributed by atoms with E-state index in [0.717, 1.165) is 6.07 Å². The largest absolute Gasteiger partial charge is 0.481 e. The Morgan fingerprint density at radius 3 is 2.65 bits per heavy atom. The van der Waals surface area contributed by atoms with Crippen molar-refractivity contribution < 1.29 is 23.6 Å². The van der Waals surface area contributed by atoms with Crippen LogP contribution in [-0.4, -0.2) is 21.0 Å². The van der Waals surface area contributed by atoms with E-state index < -0.39 is 35.1 Å². The summed E-state index contributed by atoms with van der Waals surface area (Å²) < 4.78 is 24.9. The Morgan fingerprint density at radius 1 is 1.65 bits per heavy atom. The third kappa shape index (κ3) is 3.16. The van der Waals surface area contributed by atoms with Crippen molar-refractivity contribution in [2.45, 2.75) is 12.8 Å². The van der Waals surface area contributed by atoms with Gasteiger partial charge in [-0.05, 0) is 22.0 Å². The maximum atomic E-state index is 12.6. The molecule has 0 unspecified atom stereocenters. The van der Waals surface area contributed by atoms with Crippen molar-refractivity contribution in [2.75, 3.05) is 0 Å². The first-order valence-electron chi connectivity index (χ1n) is 4.16. The van der Waals surface area contributed by atoms with E-state index in [4.69, 9.17) is 5.11 Å². The third-order valence-corrected chi connectivity index (χ3v) is 2.35. The molecule has 0 aliphatic heterocycles. The number of hydrogen-bond donors (Lipinski definition) is 1. The molecule has 0 aliphatic rings. The summed E-state index contributed by atoms with van der Waals surface area (Å²) in [4.78, 5) is 23.3. The highest BCUT2D eigenvalue weighted by Gasteiger charge is 2.28. The summed E-state index contributed by atoms with van der Waals surface area (Å²) in [5, 5.41) is 19.1. The molecule has 1 heterocycles. The molecule has 17 heavy (non-hydrogen) atoms. The lowest BCUT2D eigenvalue weighted by Gasteiger charge is -2.05. The Kier molecular flexibility index (Phi) is 4.05. The number of alkyl halides is 2. The topological polar surface area (TPSA) is 93.3 Å². The van der Waals surface area contributed by atoms with Gasteiger partial charge >= 0.3 is 11.7 Å². The lowest BCUT2D eigenvalue weighted by Crippen LogP contribution is -2.07. The summed E-state index contributed by atoms with van der Waals surface area (Å²) >= 11 is 2.75. The van der Waals surface area contributed by atoms with Gasteiger partial charge in [0.1, 0.15) is 0 Å². The number of nitro groups is 1. The Balaban J connectivity index is 3.35. The molecule has 0 saturated heterocycles. The smallest absolute Gasteiger partial charge is 0.310 e. The summed E-state index contributed by atoms with van der Waals surface area (Å²) in [6.45, 7) is 0. The summed E-state index contributed by atoms with van der Waals surface area (Å²) in [7, 11) is 0. The number of aromatic nitrogens is 1. The number of carbonyl (C=O) groups is 1. The van der Waals surface area contributed by atoms with Crippen molar-refractivity contribution in [1.82, 2.24) is 4.98 Å².